The quantitative estimate of drug-likeness (QED) is 0.763. The zero-order chi connectivity index (χ0) is 12.4. The van der Waals surface area contributed by atoms with Gasteiger partial charge in [0.1, 0.15) is 0 Å². The van der Waals surface area contributed by atoms with Gasteiger partial charge in [0.05, 0.1) is 12.7 Å². The van der Waals surface area contributed by atoms with E-state index in [0.29, 0.717) is 5.38 Å². The summed E-state index contributed by atoms with van der Waals surface area (Å²) in [5.74, 6) is 0. The normalized spacial score (nSPS) is 25.9. The minimum atomic E-state index is 0.252. The van der Waals surface area contributed by atoms with Crippen LogP contribution in [-0.4, -0.2) is 36.5 Å². The molecule has 3 heteroatoms. The molecule has 98 valence electrons. The number of likely N-dealkylation sites (tertiary alicyclic amines) is 1. The van der Waals surface area contributed by atoms with Crippen molar-refractivity contribution in [3.8, 4) is 0 Å². The summed E-state index contributed by atoms with van der Waals surface area (Å²) in [6, 6.07) is 8.69. The van der Waals surface area contributed by atoms with E-state index < -0.39 is 0 Å². The van der Waals surface area contributed by atoms with Crippen molar-refractivity contribution in [2.75, 3.05) is 26.2 Å². The maximum absolute atomic E-state index is 6.15. The van der Waals surface area contributed by atoms with Crippen LogP contribution in [0.4, 0.5) is 0 Å². The number of benzene rings is 1. The minimum absolute atomic E-state index is 0.252. The lowest BCUT2D eigenvalue weighted by atomic mass is 9.97. The maximum atomic E-state index is 6.15. The molecule has 1 aromatic carbocycles. The molecule has 2 aliphatic heterocycles. The fraction of sp³-hybridized carbons (Fsp3) is 0.600. The second-order valence-corrected chi connectivity index (χ2v) is 5.90. The van der Waals surface area contributed by atoms with E-state index in [1.807, 2.05) is 0 Å². The Morgan fingerprint density at radius 3 is 2.83 bits per heavy atom. The third-order valence-corrected chi connectivity index (χ3v) is 4.47. The number of fused-ring (bicyclic) bond motifs is 1. The van der Waals surface area contributed by atoms with Crippen molar-refractivity contribution < 1.29 is 4.74 Å². The van der Waals surface area contributed by atoms with E-state index in [0.717, 1.165) is 45.5 Å². The monoisotopic (exact) mass is 265 g/mol. The van der Waals surface area contributed by atoms with E-state index in [9.17, 15) is 0 Å². The molecule has 1 atom stereocenters. The molecule has 2 heterocycles. The zero-order valence-electron chi connectivity index (χ0n) is 10.6. The van der Waals surface area contributed by atoms with Gasteiger partial charge in [-0.15, -0.1) is 11.6 Å². The summed E-state index contributed by atoms with van der Waals surface area (Å²) in [4.78, 5) is 2.49. The van der Waals surface area contributed by atoms with Gasteiger partial charge in [0.25, 0.3) is 0 Å². The SMILES string of the molecule is ClC1CCN(CC2OCCc3ccccc32)CC1. The van der Waals surface area contributed by atoms with Crippen molar-refractivity contribution in [3.63, 3.8) is 0 Å². The van der Waals surface area contributed by atoms with Crippen LogP contribution in [0.1, 0.15) is 30.1 Å². The molecule has 1 saturated heterocycles. The Balaban J connectivity index is 1.67. The van der Waals surface area contributed by atoms with Crippen molar-refractivity contribution in [1.82, 2.24) is 4.90 Å². The predicted molar refractivity (Wildman–Crippen MR) is 74.2 cm³/mol. The van der Waals surface area contributed by atoms with Gasteiger partial charge in [-0.05, 0) is 43.5 Å². The molecule has 0 saturated carbocycles. The molecule has 0 bridgehead atoms. The molecule has 0 aromatic heterocycles. The highest BCUT2D eigenvalue weighted by atomic mass is 35.5. The molecule has 0 aliphatic carbocycles. The molecular weight excluding hydrogens is 246 g/mol. The number of hydrogen-bond acceptors (Lipinski definition) is 2. The topological polar surface area (TPSA) is 12.5 Å². The van der Waals surface area contributed by atoms with E-state index in [1.54, 1.807) is 0 Å². The lowest BCUT2D eigenvalue weighted by Gasteiger charge is -2.34. The van der Waals surface area contributed by atoms with Crippen molar-refractivity contribution in [2.45, 2.75) is 30.7 Å². The molecule has 3 rings (SSSR count). The van der Waals surface area contributed by atoms with Gasteiger partial charge >= 0.3 is 0 Å². The molecule has 0 radical (unpaired) electrons. The molecule has 0 spiro atoms. The Labute approximate surface area is 114 Å². The Bertz CT molecular complexity index is 401. The highest BCUT2D eigenvalue weighted by Gasteiger charge is 2.25. The van der Waals surface area contributed by atoms with Crippen molar-refractivity contribution in [3.05, 3.63) is 35.4 Å². The van der Waals surface area contributed by atoms with Gasteiger partial charge in [0, 0.05) is 11.9 Å². The average molecular weight is 266 g/mol. The molecule has 1 fully saturated rings. The molecule has 18 heavy (non-hydrogen) atoms. The number of rotatable bonds is 2. The highest BCUT2D eigenvalue weighted by Crippen LogP contribution is 2.28. The summed E-state index contributed by atoms with van der Waals surface area (Å²) in [6.45, 7) is 4.08. The summed E-state index contributed by atoms with van der Waals surface area (Å²) in [5.41, 5.74) is 2.85. The van der Waals surface area contributed by atoms with E-state index in [1.165, 1.54) is 11.1 Å². The van der Waals surface area contributed by atoms with Gasteiger partial charge in [-0.3, -0.25) is 0 Å². The third-order valence-electron chi connectivity index (χ3n) is 4.03. The smallest absolute Gasteiger partial charge is 0.0954 e. The number of alkyl halides is 1. The van der Waals surface area contributed by atoms with Gasteiger partial charge in [-0.1, -0.05) is 24.3 Å². The summed E-state index contributed by atoms with van der Waals surface area (Å²) >= 11 is 6.15. The lowest BCUT2D eigenvalue weighted by Crippen LogP contribution is -2.38. The van der Waals surface area contributed by atoms with Gasteiger partial charge < -0.3 is 9.64 Å². The van der Waals surface area contributed by atoms with Gasteiger partial charge in [0.2, 0.25) is 0 Å². The molecular formula is C15H20ClNO. The van der Waals surface area contributed by atoms with Crippen LogP contribution in [-0.2, 0) is 11.2 Å². The predicted octanol–water partition coefficient (Wildman–Crippen LogP) is 3.00. The Hall–Kier alpha value is -0.570. The van der Waals surface area contributed by atoms with Crippen molar-refractivity contribution >= 4 is 11.6 Å². The number of halogens is 1. The molecule has 1 unspecified atom stereocenters. The second-order valence-electron chi connectivity index (χ2n) is 5.28. The molecule has 2 aliphatic rings. The summed E-state index contributed by atoms with van der Waals surface area (Å²) in [7, 11) is 0. The fourth-order valence-corrected chi connectivity index (χ4v) is 3.14. The summed E-state index contributed by atoms with van der Waals surface area (Å²) < 4.78 is 5.96. The van der Waals surface area contributed by atoms with Crippen molar-refractivity contribution in [2.24, 2.45) is 0 Å². The van der Waals surface area contributed by atoms with Crippen LogP contribution in [0.2, 0.25) is 0 Å². The summed E-state index contributed by atoms with van der Waals surface area (Å²) in [5, 5.41) is 0.376. The maximum Gasteiger partial charge on any atom is 0.0954 e. The van der Waals surface area contributed by atoms with E-state index in [2.05, 4.69) is 29.2 Å². The largest absolute Gasteiger partial charge is 0.372 e. The van der Waals surface area contributed by atoms with Crippen LogP contribution in [0.5, 0.6) is 0 Å². The molecule has 1 aromatic rings. The average Bonchev–Trinajstić information content (AvgIpc) is 2.42. The first kappa shape index (κ1) is 12.5. The summed E-state index contributed by atoms with van der Waals surface area (Å²) in [6.07, 6.45) is 3.52. The van der Waals surface area contributed by atoms with E-state index in [4.69, 9.17) is 16.3 Å². The van der Waals surface area contributed by atoms with Crippen LogP contribution in [0.15, 0.2) is 24.3 Å². The van der Waals surface area contributed by atoms with E-state index >= 15 is 0 Å². The lowest BCUT2D eigenvalue weighted by molar-refractivity contribution is 0.0124. The minimum Gasteiger partial charge on any atom is -0.372 e. The first-order valence-corrected chi connectivity index (χ1v) is 7.32. The molecule has 0 amide bonds. The van der Waals surface area contributed by atoms with Crippen LogP contribution in [0.3, 0.4) is 0 Å². The first-order valence-electron chi connectivity index (χ1n) is 6.89. The Morgan fingerprint density at radius 2 is 2.00 bits per heavy atom. The van der Waals surface area contributed by atoms with Crippen LogP contribution in [0, 0.1) is 0 Å². The number of ether oxygens (including phenoxy) is 1. The van der Waals surface area contributed by atoms with Crippen LogP contribution >= 0.6 is 11.6 Å². The molecule has 2 nitrogen and oxygen atoms in total. The number of nitrogens with zero attached hydrogens (tertiary/aromatic N) is 1. The standard InChI is InChI=1S/C15H20ClNO/c16-13-5-8-17(9-6-13)11-15-14-4-2-1-3-12(14)7-10-18-15/h1-4,13,15H,5-11H2. The zero-order valence-corrected chi connectivity index (χ0v) is 11.4. The van der Waals surface area contributed by atoms with Crippen LogP contribution < -0.4 is 0 Å². The highest BCUT2D eigenvalue weighted by molar-refractivity contribution is 6.20. The second kappa shape index (κ2) is 5.60. The Morgan fingerprint density at radius 1 is 1.22 bits per heavy atom. The fourth-order valence-electron chi connectivity index (χ4n) is 2.95. The van der Waals surface area contributed by atoms with Gasteiger partial charge in [0.15, 0.2) is 0 Å². The first-order chi connectivity index (χ1) is 8.83. The Kier molecular flexibility index (Phi) is 3.88. The number of hydrogen-bond donors (Lipinski definition) is 0. The van der Waals surface area contributed by atoms with Gasteiger partial charge in [-0.25, -0.2) is 0 Å². The van der Waals surface area contributed by atoms with E-state index in [-0.39, 0.29) is 6.10 Å². The number of piperidine rings is 1. The van der Waals surface area contributed by atoms with Gasteiger partial charge in [-0.2, -0.15) is 0 Å². The third kappa shape index (κ3) is 2.71. The van der Waals surface area contributed by atoms with Crippen molar-refractivity contribution in [1.29, 1.82) is 0 Å². The molecule has 0 N–H and O–H groups in total. The van der Waals surface area contributed by atoms with Crippen LogP contribution in [0.25, 0.3) is 0 Å².